The van der Waals surface area contributed by atoms with Crippen molar-refractivity contribution >= 4 is 27.5 Å². The Morgan fingerprint density at radius 1 is 1.36 bits per heavy atom. The van der Waals surface area contributed by atoms with Crippen LogP contribution in [0, 0.1) is 0 Å². The van der Waals surface area contributed by atoms with Crippen LogP contribution < -0.4 is 9.47 Å². The lowest BCUT2D eigenvalue weighted by Crippen LogP contribution is -2.29. The molecular weight excluding hydrogens is 267 g/mol. The first kappa shape index (κ1) is 10.1. The van der Waals surface area contributed by atoms with E-state index in [1.54, 1.807) is 0 Å². The number of hydrogen-bond acceptors (Lipinski definition) is 2. The van der Waals surface area contributed by atoms with Crippen molar-refractivity contribution < 1.29 is 9.47 Å². The van der Waals surface area contributed by atoms with Gasteiger partial charge in [-0.2, -0.15) is 0 Å². The molecule has 1 aliphatic heterocycles. The average Bonchev–Trinajstić information content (AvgIpc) is 2.37. The fourth-order valence-electron chi connectivity index (χ4n) is 1.45. The number of fused-ring (bicyclic) bond motifs is 1. The van der Waals surface area contributed by atoms with Gasteiger partial charge in [-0.3, -0.25) is 0 Å². The lowest BCUT2D eigenvalue weighted by molar-refractivity contribution is -0.0434. The summed E-state index contributed by atoms with van der Waals surface area (Å²) in [7, 11) is 0. The maximum absolute atomic E-state index is 5.82. The quantitative estimate of drug-likeness (QED) is 0.729. The molecule has 2 rings (SSSR count). The van der Waals surface area contributed by atoms with Crippen LogP contribution in [0.25, 0.3) is 0 Å². The number of ether oxygens (including phenoxy) is 2. The first-order chi connectivity index (χ1) is 6.52. The number of alkyl halides is 1. The van der Waals surface area contributed by atoms with Crippen LogP contribution in [-0.2, 0) is 5.88 Å². The minimum absolute atomic E-state index is 0.418. The van der Waals surface area contributed by atoms with E-state index in [9.17, 15) is 0 Å². The van der Waals surface area contributed by atoms with Crippen molar-refractivity contribution in [2.75, 3.05) is 0 Å². The van der Waals surface area contributed by atoms with Crippen molar-refractivity contribution in [3.05, 3.63) is 22.2 Å². The monoisotopic (exact) mass is 276 g/mol. The third kappa shape index (κ3) is 1.71. The zero-order valence-corrected chi connectivity index (χ0v) is 10.3. The van der Waals surface area contributed by atoms with Crippen molar-refractivity contribution in [2.24, 2.45) is 0 Å². The van der Waals surface area contributed by atoms with Crippen LogP contribution in [0.3, 0.4) is 0 Å². The second kappa shape index (κ2) is 3.31. The second-order valence-electron chi connectivity index (χ2n) is 3.63. The van der Waals surface area contributed by atoms with E-state index in [0.717, 1.165) is 21.5 Å². The minimum Gasteiger partial charge on any atom is -0.449 e. The van der Waals surface area contributed by atoms with Gasteiger partial charge in [0.25, 0.3) is 0 Å². The highest BCUT2D eigenvalue weighted by Gasteiger charge is 2.33. The SMILES string of the molecule is CC1(C)Oc2cc(Br)cc(CCl)c2O1. The molecule has 0 bridgehead atoms. The topological polar surface area (TPSA) is 18.5 Å². The molecule has 0 fully saturated rings. The molecule has 76 valence electrons. The second-order valence-corrected chi connectivity index (χ2v) is 4.81. The zero-order chi connectivity index (χ0) is 10.3. The molecule has 0 spiro atoms. The summed E-state index contributed by atoms with van der Waals surface area (Å²) in [6.07, 6.45) is 0. The van der Waals surface area contributed by atoms with Gasteiger partial charge in [0.2, 0.25) is 5.79 Å². The van der Waals surface area contributed by atoms with Gasteiger partial charge >= 0.3 is 0 Å². The van der Waals surface area contributed by atoms with Crippen molar-refractivity contribution in [2.45, 2.75) is 25.5 Å². The molecule has 0 unspecified atom stereocenters. The molecule has 0 saturated heterocycles. The Morgan fingerprint density at radius 2 is 2.07 bits per heavy atom. The molecule has 0 amide bonds. The summed E-state index contributed by atoms with van der Waals surface area (Å²) >= 11 is 9.22. The number of hydrogen-bond donors (Lipinski definition) is 0. The lowest BCUT2D eigenvalue weighted by atomic mass is 10.2. The average molecular weight is 278 g/mol. The Bertz CT molecular complexity index is 377. The molecule has 0 radical (unpaired) electrons. The van der Waals surface area contributed by atoms with Gasteiger partial charge in [0.1, 0.15) is 0 Å². The van der Waals surface area contributed by atoms with Crippen LogP contribution in [0.4, 0.5) is 0 Å². The Kier molecular flexibility index (Phi) is 2.40. The summed E-state index contributed by atoms with van der Waals surface area (Å²) in [4.78, 5) is 0. The van der Waals surface area contributed by atoms with Gasteiger partial charge in [0, 0.05) is 23.9 Å². The first-order valence-electron chi connectivity index (χ1n) is 4.28. The Morgan fingerprint density at radius 3 is 2.71 bits per heavy atom. The number of rotatable bonds is 1. The Hall–Kier alpha value is -0.410. The molecule has 0 aromatic heterocycles. The standard InChI is InChI=1S/C10H10BrClO2/c1-10(2)13-8-4-7(11)3-6(5-12)9(8)14-10/h3-4H,5H2,1-2H3. The first-order valence-corrected chi connectivity index (χ1v) is 5.61. The summed E-state index contributed by atoms with van der Waals surface area (Å²) in [5, 5.41) is 0. The highest BCUT2D eigenvalue weighted by Crippen LogP contribution is 2.44. The van der Waals surface area contributed by atoms with E-state index in [2.05, 4.69) is 15.9 Å². The third-order valence-electron chi connectivity index (χ3n) is 1.94. The van der Waals surface area contributed by atoms with Gasteiger partial charge < -0.3 is 9.47 Å². The maximum Gasteiger partial charge on any atom is 0.246 e. The Labute approximate surface area is 96.3 Å². The molecule has 1 aliphatic rings. The van der Waals surface area contributed by atoms with Gasteiger partial charge in [-0.15, -0.1) is 11.6 Å². The van der Waals surface area contributed by atoms with Gasteiger partial charge in [0.05, 0.1) is 5.88 Å². The molecule has 0 atom stereocenters. The fraction of sp³-hybridized carbons (Fsp3) is 0.400. The largest absolute Gasteiger partial charge is 0.449 e. The molecule has 0 aliphatic carbocycles. The number of halogens is 2. The van der Waals surface area contributed by atoms with Gasteiger partial charge in [0.15, 0.2) is 11.5 Å². The molecule has 0 N–H and O–H groups in total. The van der Waals surface area contributed by atoms with Crippen LogP contribution in [0.2, 0.25) is 0 Å². The van der Waals surface area contributed by atoms with Gasteiger partial charge in [-0.25, -0.2) is 0 Å². The van der Waals surface area contributed by atoms with Gasteiger partial charge in [-0.05, 0) is 12.1 Å². The highest BCUT2D eigenvalue weighted by molar-refractivity contribution is 9.10. The van der Waals surface area contributed by atoms with Crippen molar-refractivity contribution in [3.63, 3.8) is 0 Å². The van der Waals surface area contributed by atoms with Gasteiger partial charge in [-0.1, -0.05) is 15.9 Å². The molecule has 14 heavy (non-hydrogen) atoms. The van der Waals surface area contributed by atoms with E-state index in [0.29, 0.717) is 5.88 Å². The van der Waals surface area contributed by atoms with E-state index in [1.807, 2.05) is 26.0 Å². The Balaban J connectivity index is 2.50. The van der Waals surface area contributed by atoms with Crippen molar-refractivity contribution in [3.8, 4) is 11.5 Å². The van der Waals surface area contributed by atoms with E-state index in [4.69, 9.17) is 21.1 Å². The molecular formula is C10H10BrClO2. The van der Waals surface area contributed by atoms with E-state index in [-0.39, 0.29) is 0 Å². The predicted molar refractivity (Wildman–Crippen MR) is 59.0 cm³/mol. The van der Waals surface area contributed by atoms with Crippen molar-refractivity contribution in [1.82, 2.24) is 0 Å². The maximum atomic E-state index is 5.82. The summed E-state index contributed by atoms with van der Waals surface area (Å²) < 4.78 is 12.2. The summed E-state index contributed by atoms with van der Waals surface area (Å²) in [5.41, 5.74) is 0.946. The minimum atomic E-state index is -0.593. The molecule has 1 heterocycles. The molecule has 0 saturated carbocycles. The van der Waals surface area contributed by atoms with Crippen LogP contribution >= 0.6 is 27.5 Å². The lowest BCUT2D eigenvalue weighted by Gasteiger charge is -2.16. The summed E-state index contributed by atoms with van der Waals surface area (Å²) in [6, 6.07) is 3.83. The molecule has 4 heteroatoms. The smallest absolute Gasteiger partial charge is 0.246 e. The summed E-state index contributed by atoms with van der Waals surface area (Å²) in [5.74, 6) is 1.33. The van der Waals surface area contributed by atoms with Crippen LogP contribution in [0.15, 0.2) is 16.6 Å². The van der Waals surface area contributed by atoms with E-state index in [1.165, 1.54) is 0 Å². The van der Waals surface area contributed by atoms with E-state index < -0.39 is 5.79 Å². The highest BCUT2D eigenvalue weighted by atomic mass is 79.9. The molecule has 2 nitrogen and oxygen atoms in total. The third-order valence-corrected chi connectivity index (χ3v) is 2.69. The van der Waals surface area contributed by atoms with Crippen LogP contribution in [-0.4, -0.2) is 5.79 Å². The summed E-state index contributed by atoms with van der Waals surface area (Å²) in [6.45, 7) is 3.75. The molecule has 1 aromatic carbocycles. The zero-order valence-electron chi connectivity index (χ0n) is 7.93. The van der Waals surface area contributed by atoms with E-state index >= 15 is 0 Å². The van der Waals surface area contributed by atoms with Crippen LogP contribution in [0.5, 0.6) is 11.5 Å². The molecule has 1 aromatic rings. The number of benzene rings is 1. The van der Waals surface area contributed by atoms with Crippen molar-refractivity contribution in [1.29, 1.82) is 0 Å². The fourth-order valence-corrected chi connectivity index (χ4v) is 2.13. The van der Waals surface area contributed by atoms with Crippen LogP contribution in [0.1, 0.15) is 19.4 Å². The normalized spacial score (nSPS) is 17.1. The predicted octanol–water partition coefficient (Wildman–Crippen LogP) is 3.70.